The Morgan fingerprint density at radius 2 is 1.85 bits per heavy atom. The first-order valence-electron chi connectivity index (χ1n) is 15.0. The summed E-state index contributed by atoms with van der Waals surface area (Å²) in [7, 11) is 0. The number of thioether (sulfide) groups is 1. The largest absolute Gasteiger partial charge is 0.480 e. The van der Waals surface area contributed by atoms with Gasteiger partial charge in [-0.25, -0.2) is 9.78 Å². The molecule has 2 aliphatic rings. The molecule has 7 N–H and O–H groups in total. The molecule has 0 bridgehead atoms. The average molecular weight is 666 g/mol. The molecule has 3 aromatic rings. The molecule has 13 nitrogen and oxygen atoms in total. The molecule has 46 heavy (non-hydrogen) atoms. The van der Waals surface area contributed by atoms with Crippen molar-refractivity contribution in [2.45, 2.75) is 62.7 Å². The van der Waals surface area contributed by atoms with E-state index in [1.807, 2.05) is 30.3 Å². The summed E-state index contributed by atoms with van der Waals surface area (Å²) in [6.45, 7) is 0.434. The number of thiazole rings is 1. The normalized spacial score (nSPS) is 18.8. The standard InChI is InChI=1S/C31H35N7O6S2/c32-13-5-4-8-20(35-28(42)22(14-17-6-2-1-3-7-17)36-27(41)21-11-12-25(39)34-21)26(40)33-18-9-10-19-24(15-18)46-30(37-19)29-38-23(16-45-29)31(43)44/h1-3,6-7,9-10,15,20-23H,4-5,8,11-14,16,32H2,(H,33,40)(H,34,39)(H,35,42)(H,36,41)(H,43,44)/t20-,21-,22-,23+/m0/s1. The predicted molar refractivity (Wildman–Crippen MR) is 177 cm³/mol. The van der Waals surface area contributed by atoms with Crippen LogP contribution in [0.25, 0.3) is 10.2 Å². The Morgan fingerprint density at radius 1 is 1.04 bits per heavy atom. The highest BCUT2D eigenvalue weighted by Gasteiger charge is 2.32. The molecular formula is C31H35N7O6S2. The molecule has 242 valence electrons. The zero-order valence-corrected chi connectivity index (χ0v) is 26.5. The summed E-state index contributed by atoms with van der Waals surface area (Å²) in [5.74, 6) is -2.24. The highest BCUT2D eigenvalue weighted by molar-refractivity contribution is 8.15. The quantitative estimate of drug-likeness (QED) is 0.139. The van der Waals surface area contributed by atoms with Gasteiger partial charge in [-0.15, -0.1) is 23.1 Å². The van der Waals surface area contributed by atoms with Crippen LogP contribution in [0.5, 0.6) is 0 Å². The number of nitrogens with zero attached hydrogens (tertiary/aromatic N) is 2. The van der Waals surface area contributed by atoms with Crippen molar-refractivity contribution in [3.8, 4) is 0 Å². The first kappa shape index (κ1) is 33.0. The number of amides is 4. The van der Waals surface area contributed by atoms with Crippen molar-refractivity contribution in [3.63, 3.8) is 0 Å². The number of carboxylic acid groups (broad SMARTS) is 1. The molecule has 0 spiro atoms. The van der Waals surface area contributed by atoms with Crippen molar-refractivity contribution in [3.05, 3.63) is 59.1 Å². The lowest BCUT2D eigenvalue weighted by atomic mass is 10.0. The molecule has 5 rings (SSSR count). The molecule has 1 saturated heterocycles. The molecule has 4 atom stereocenters. The van der Waals surface area contributed by atoms with E-state index < -0.39 is 47.9 Å². The summed E-state index contributed by atoms with van der Waals surface area (Å²) < 4.78 is 0.781. The van der Waals surface area contributed by atoms with Gasteiger partial charge in [-0.3, -0.25) is 24.2 Å². The first-order valence-corrected chi connectivity index (χ1v) is 16.8. The number of anilines is 1. The number of benzene rings is 2. The number of carboxylic acids is 1. The monoisotopic (exact) mass is 665 g/mol. The first-order chi connectivity index (χ1) is 22.2. The van der Waals surface area contributed by atoms with Crippen LogP contribution < -0.4 is 27.0 Å². The second-order valence-electron chi connectivity index (χ2n) is 11.0. The molecule has 15 heteroatoms. The predicted octanol–water partition coefficient (Wildman–Crippen LogP) is 1.80. The fourth-order valence-electron chi connectivity index (χ4n) is 5.12. The van der Waals surface area contributed by atoms with Crippen molar-refractivity contribution < 1.29 is 29.1 Å². The fourth-order valence-corrected chi connectivity index (χ4v) is 7.22. The number of nitrogens with two attached hydrogens (primary N) is 1. The molecule has 0 saturated carbocycles. The number of unbranched alkanes of at least 4 members (excludes halogenated alkanes) is 1. The number of aliphatic carboxylic acids is 1. The minimum Gasteiger partial charge on any atom is -0.480 e. The Bertz CT molecular complexity index is 1650. The SMILES string of the molecule is NCCCC[C@H](NC(=O)[C@H](Cc1ccccc1)NC(=O)[C@@H]1CCC(=O)N1)C(=O)Nc1ccc2nc(C3=N[C@@H](C(=O)O)CS3)sc2c1. The van der Waals surface area contributed by atoms with Crippen LogP contribution in [0, 0.1) is 0 Å². The van der Waals surface area contributed by atoms with Crippen LogP contribution in [0.15, 0.2) is 53.5 Å². The van der Waals surface area contributed by atoms with E-state index in [2.05, 4.69) is 31.2 Å². The second kappa shape index (κ2) is 15.3. The summed E-state index contributed by atoms with van der Waals surface area (Å²) in [6.07, 6.45) is 2.35. The topological polar surface area (TPSA) is 205 Å². The van der Waals surface area contributed by atoms with Gasteiger partial charge in [-0.1, -0.05) is 30.3 Å². The number of hydrogen-bond acceptors (Lipinski definition) is 10. The third-order valence-electron chi connectivity index (χ3n) is 7.58. The number of aromatic nitrogens is 1. The van der Waals surface area contributed by atoms with E-state index in [1.165, 1.54) is 23.1 Å². The smallest absolute Gasteiger partial charge is 0.329 e. The summed E-state index contributed by atoms with van der Waals surface area (Å²) in [5.41, 5.74) is 7.69. The zero-order valence-electron chi connectivity index (χ0n) is 24.9. The maximum absolute atomic E-state index is 13.7. The van der Waals surface area contributed by atoms with Crippen molar-refractivity contribution in [1.82, 2.24) is 20.9 Å². The summed E-state index contributed by atoms with van der Waals surface area (Å²) in [5, 5.41) is 21.6. The van der Waals surface area contributed by atoms with Gasteiger partial charge in [0.15, 0.2) is 6.04 Å². The van der Waals surface area contributed by atoms with Crippen molar-refractivity contribution in [2.24, 2.45) is 10.7 Å². The summed E-state index contributed by atoms with van der Waals surface area (Å²) >= 11 is 2.70. The third kappa shape index (κ3) is 8.47. The lowest BCUT2D eigenvalue weighted by Gasteiger charge is -2.24. The Balaban J connectivity index is 1.30. The fraction of sp³-hybridized carbons (Fsp3) is 0.387. The Morgan fingerprint density at radius 3 is 2.54 bits per heavy atom. The average Bonchev–Trinajstić information content (AvgIpc) is 3.80. The maximum atomic E-state index is 13.7. The molecule has 2 aliphatic heterocycles. The van der Waals surface area contributed by atoms with Gasteiger partial charge >= 0.3 is 5.97 Å². The van der Waals surface area contributed by atoms with Gasteiger partial charge in [0.05, 0.1) is 10.2 Å². The van der Waals surface area contributed by atoms with Gasteiger partial charge in [0.1, 0.15) is 28.2 Å². The van der Waals surface area contributed by atoms with Gasteiger partial charge in [0.2, 0.25) is 23.6 Å². The molecular weight excluding hydrogens is 631 g/mol. The van der Waals surface area contributed by atoms with Crippen LogP contribution in [0.3, 0.4) is 0 Å². The van der Waals surface area contributed by atoms with E-state index in [0.717, 1.165) is 10.3 Å². The lowest BCUT2D eigenvalue weighted by Crippen LogP contribution is -2.55. The Kier molecular flexibility index (Phi) is 11.0. The number of rotatable bonds is 14. The maximum Gasteiger partial charge on any atom is 0.329 e. The lowest BCUT2D eigenvalue weighted by molar-refractivity contribution is -0.137. The van der Waals surface area contributed by atoms with Crippen molar-refractivity contribution >= 4 is 73.6 Å². The molecule has 1 aromatic heterocycles. The van der Waals surface area contributed by atoms with Crippen LogP contribution >= 0.6 is 23.1 Å². The third-order valence-corrected chi connectivity index (χ3v) is 9.79. The number of carbonyl (C=O) groups excluding carboxylic acids is 4. The molecule has 0 aliphatic carbocycles. The van der Waals surface area contributed by atoms with Gasteiger partial charge in [-0.05, 0) is 56.0 Å². The number of fused-ring (bicyclic) bond motifs is 1. The summed E-state index contributed by atoms with van der Waals surface area (Å²) in [6, 6.07) is 11.0. The molecule has 2 aromatic carbocycles. The van der Waals surface area contributed by atoms with E-state index in [-0.39, 0.29) is 18.7 Å². The Labute approximate surface area is 273 Å². The van der Waals surface area contributed by atoms with E-state index in [9.17, 15) is 29.1 Å². The highest BCUT2D eigenvalue weighted by atomic mass is 32.2. The van der Waals surface area contributed by atoms with Crippen LogP contribution in [-0.4, -0.2) is 81.2 Å². The minimum absolute atomic E-state index is 0.192. The molecule has 1 fully saturated rings. The van der Waals surface area contributed by atoms with Gasteiger partial charge < -0.3 is 32.1 Å². The molecule has 4 amide bonds. The number of carbonyl (C=O) groups is 5. The van der Waals surface area contributed by atoms with Crippen LogP contribution in [0.4, 0.5) is 5.69 Å². The molecule has 3 heterocycles. The van der Waals surface area contributed by atoms with Crippen LogP contribution in [0.2, 0.25) is 0 Å². The highest BCUT2D eigenvalue weighted by Crippen LogP contribution is 2.31. The number of nitrogens with one attached hydrogen (secondary N) is 4. The van der Waals surface area contributed by atoms with Crippen molar-refractivity contribution in [1.29, 1.82) is 0 Å². The van der Waals surface area contributed by atoms with Gasteiger partial charge in [0, 0.05) is 24.3 Å². The number of hydrogen-bond donors (Lipinski definition) is 6. The van der Waals surface area contributed by atoms with Crippen LogP contribution in [0.1, 0.15) is 42.7 Å². The zero-order chi connectivity index (χ0) is 32.6. The number of aliphatic imine (C=N–C) groups is 1. The van der Waals surface area contributed by atoms with Gasteiger partial charge in [-0.2, -0.15) is 0 Å². The van der Waals surface area contributed by atoms with E-state index in [0.29, 0.717) is 59.2 Å². The van der Waals surface area contributed by atoms with Gasteiger partial charge in [0.25, 0.3) is 0 Å². The summed E-state index contributed by atoms with van der Waals surface area (Å²) in [4.78, 5) is 72.0. The van der Waals surface area contributed by atoms with E-state index in [4.69, 9.17) is 5.73 Å². The van der Waals surface area contributed by atoms with Crippen molar-refractivity contribution in [2.75, 3.05) is 17.6 Å². The molecule has 0 radical (unpaired) electrons. The molecule has 0 unspecified atom stereocenters. The second-order valence-corrected chi connectivity index (χ2v) is 13.1. The van der Waals surface area contributed by atoms with Crippen LogP contribution in [-0.2, 0) is 30.4 Å². The van der Waals surface area contributed by atoms with E-state index in [1.54, 1.807) is 18.2 Å². The Hall–Kier alpha value is -4.34. The van der Waals surface area contributed by atoms with E-state index >= 15 is 0 Å². The minimum atomic E-state index is -0.985.